The van der Waals surface area contributed by atoms with Gasteiger partial charge in [0.1, 0.15) is 0 Å². The van der Waals surface area contributed by atoms with Gasteiger partial charge in [0, 0.05) is 38.3 Å². The summed E-state index contributed by atoms with van der Waals surface area (Å²) in [5.74, 6) is 0. The lowest BCUT2D eigenvalue weighted by Gasteiger charge is -2.40. The molecule has 0 N–H and O–H groups in total. The summed E-state index contributed by atoms with van der Waals surface area (Å²) in [4.78, 5) is 5.39. The molecule has 1 aromatic rings. The van der Waals surface area contributed by atoms with E-state index in [0.717, 1.165) is 18.6 Å². The van der Waals surface area contributed by atoms with E-state index in [-0.39, 0.29) is 0 Å². The van der Waals surface area contributed by atoms with Crippen molar-refractivity contribution in [2.75, 3.05) is 19.6 Å². The molecule has 2 heteroatoms. The third kappa shape index (κ3) is 2.24. The van der Waals surface area contributed by atoms with Crippen LogP contribution < -0.4 is 0 Å². The Morgan fingerprint density at radius 3 is 2.76 bits per heavy atom. The summed E-state index contributed by atoms with van der Waals surface area (Å²) in [7, 11) is 0. The Morgan fingerprint density at radius 2 is 2.00 bits per heavy atom. The van der Waals surface area contributed by atoms with E-state index in [4.69, 9.17) is 0 Å². The highest BCUT2D eigenvalue weighted by Gasteiger charge is 2.37. The molecule has 2 nitrogen and oxygen atoms in total. The predicted molar refractivity (Wildman–Crippen MR) is 70.9 cm³/mol. The number of rotatable bonds is 3. The first-order chi connectivity index (χ1) is 8.36. The van der Waals surface area contributed by atoms with E-state index < -0.39 is 0 Å². The Balaban J connectivity index is 1.70. The number of fused-ring (bicyclic) bond motifs is 2. The molecule has 0 spiro atoms. The van der Waals surface area contributed by atoms with Gasteiger partial charge in [-0.1, -0.05) is 37.3 Å². The molecule has 2 aliphatic heterocycles. The molecule has 2 fully saturated rings. The third-order valence-electron chi connectivity index (χ3n) is 4.37. The summed E-state index contributed by atoms with van der Waals surface area (Å²) in [5.41, 5.74) is 1.46. The average molecular weight is 230 g/mol. The summed E-state index contributed by atoms with van der Waals surface area (Å²) in [5, 5.41) is 0. The molecule has 2 bridgehead atoms. The maximum Gasteiger partial charge on any atom is 0.0239 e. The van der Waals surface area contributed by atoms with Gasteiger partial charge in [-0.2, -0.15) is 0 Å². The standard InChI is InChI=1S/C15H22N2/c1-2-14-11-17(15-8-9-16(14)12-15)10-13-6-4-3-5-7-13/h3-7,14-15H,2,8-12H2,1H3. The zero-order valence-electron chi connectivity index (χ0n) is 10.7. The summed E-state index contributed by atoms with van der Waals surface area (Å²) >= 11 is 0. The lowest BCUT2D eigenvalue weighted by atomic mass is 10.1. The van der Waals surface area contributed by atoms with Crippen LogP contribution in [0.25, 0.3) is 0 Å². The first kappa shape index (κ1) is 11.2. The maximum atomic E-state index is 2.70. The molecular weight excluding hydrogens is 208 g/mol. The smallest absolute Gasteiger partial charge is 0.0239 e. The molecule has 3 rings (SSSR count). The van der Waals surface area contributed by atoms with Gasteiger partial charge in [0.2, 0.25) is 0 Å². The first-order valence-electron chi connectivity index (χ1n) is 6.89. The van der Waals surface area contributed by atoms with Crippen LogP contribution in [-0.2, 0) is 6.54 Å². The molecular formula is C15H22N2. The van der Waals surface area contributed by atoms with Crippen molar-refractivity contribution in [2.45, 2.75) is 38.4 Å². The molecule has 0 aliphatic carbocycles. The van der Waals surface area contributed by atoms with Crippen LogP contribution in [-0.4, -0.2) is 41.5 Å². The Morgan fingerprint density at radius 1 is 1.18 bits per heavy atom. The monoisotopic (exact) mass is 230 g/mol. The molecule has 0 aromatic heterocycles. The van der Waals surface area contributed by atoms with Gasteiger partial charge in [0.15, 0.2) is 0 Å². The number of hydrogen-bond acceptors (Lipinski definition) is 2. The summed E-state index contributed by atoms with van der Waals surface area (Å²) in [6, 6.07) is 12.5. The highest BCUT2D eigenvalue weighted by molar-refractivity contribution is 5.15. The van der Waals surface area contributed by atoms with Gasteiger partial charge in [0.05, 0.1) is 0 Å². The second-order valence-corrected chi connectivity index (χ2v) is 5.41. The van der Waals surface area contributed by atoms with E-state index in [1.807, 2.05) is 0 Å². The minimum absolute atomic E-state index is 0.789. The predicted octanol–water partition coefficient (Wildman–Crippen LogP) is 2.36. The lowest BCUT2D eigenvalue weighted by Crippen LogP contribution is -2.51. The van der Waals surface area contributed by atoms with E-state index in [2.05, 4.69) is 47.1 Å². The third-order valence-corrected chi connectivity index (χ3v) is 4.37. The van der Waals surface area contributed by atoms with Crippen LogP contribution >= 0.6 is 0 Å². The largest absolute Gasteiger partial charge is 0.298 e. The summed E-state index contributed by atoms with van der Waals surface area (Å²) in [6.07, 6.45) is 2.65. The molecule has 3 atom stereocenters. The lowest BCUT2D eigenvalue weighted by molar-refractivity contribution is 0.0775. The zero-order chi connectivity index (χ0) is 11.7. The van der Waals surface area contributed by atoms with Crippen molar-refractivity contribution < 1.29 is 0 Å². The van der Waals surface area contributed by atoms with Crippen molar-refractivity contribution in [3.05, 3.63) is 35.9 Å². The average Bonchev–Trinajstić information content (AvgIpc) is 2.79. The van der Waals surface area contributed by atoms with Crippen molar-refractivity contribution in [3.8, 4) is 0 Å². The molecule has 2 aliphatic rings. The van der Waals surface area contributed by atoms with Crippen molar-refractivity contribution in [2.24, 2.45) is 0 Å². The Hall–Kier alpha value is -0.860. The molecule has 2 heterocycles. The molecule has 1 aromatic carbocycles. The van der Waals surface area contributed by atoms with Crippen molar-refractivity contribution >= 4 is 0 Å². The van der Waals surface area contributed by atoms with Gasteiger partial charge in [-0.05, 0) is 18.4 Å². The Bertz CT molecular complexity index is 362. The fourth-order valence-electron chi connectivity index (χ4n) is 3.33. The second-order valence-electron chi connectivity index (χ2n) is 5.41. The van der Waals surface area contributed by atoms with E-state index in [0.29, 0.717) is 0 Å². The van der Waals surface area contributed by atoms with E-state index in [1.165, 1.54) is 38.0 Å². The van der Waals surface area contributed by atoms with Crippen LogP contribution in [0.15, 0.2) is 30.3 Å². The SMILES string of the molecule is CCC1CN(Cc2ccccc2)C2CCN1C2. The van der Waals surface area contributed by atoms with Gasteiger partial charge in [0.25, 0.3) is 0 Å². The minimum Gasteiger partial charge on any atom is -0.298 e. The van der Waals surface area contributed by atoms with Crippen molar-refractivity contribution in [1.82, 2.24) is 9.80 Å². The molecule has 92 valence electrons. The molecule has 0 amide bonds. The second kappa shape index (κ2) is 4.79. The number of benzene rings is 1. The summed E-state index contributed by atoms with van der Waals surface area (Å²) < 4.78 is 0. The van der Waals surface area contributed by atoms with Crippen LogP contribution in [0.4, 0.5) is 0 Å². The van der Waals surface area contributed by atoms with Gasteiger partial charge < -0.3 is 0 Å². The van der Waals surface area contributed by atoms with Gasteiger partial charge in [-0.15, -0.1) is 0 Å². The van der Waals surface area contributed by atoms with E-state index in [9.17, 15) is 0 Å². The van der Waals surface area contributed by atoms with Gasteiger partial charge in [-0.25, -0.2) is 0 Å². The van der Waals surface area contributed by atoms with Crippen molar-refractivity contribution in [1.29, 1.82) is 0 Å². The fraction of sp³-hybridized carbons (Fsp3) is 0.600. The number of piperazine rings is 1. The molecule has 0 saturated carbocycles. The summed E-state index contributed by atoms with van der Waals surface area (Å²) in [6.45, 7) is 7.33. The highest BCUT2D eigenvalue weighted by atomic mass is 15.3. The molecule has 17 heavy (non-hydrogen) atoms. The van der Waals surface area contributed by atoms with Crippen molar-refractivity contribution in [3.63, 3.8) is 0 Å². The van der Waals surface area contributed by atoms with Crippen LogP contribution in [0.1, 0.15) is 25.3 Å². The normalized spacial score (nSPS) is 32.9. The molecule has 3 unspecified atom stereocenters. The topological polar surface area (TPSA) is 6.48 Å². The first-order valence-corrected chi connectivity index (χ1v) is 6.89. The number of hydrogen-bond donors (Lipinski definition) is 0. The maximum absolute atomic E-state index is 2.70. The quantitative estimate of drug-likeness (QED) is 0.786. The molecule has 0 radical (unpaired) electrons. The molecule has 2 saturated heterocycles. The Kier molecular flexibility index (Phi) is 3.17. The zero-order valence-corrected chi connectivity index (χ0v) is 10.7. The fourth-order valence-corrected chi connectivity index (χ4v) is 3.33. The van der Waals surface area contributed by atoms with Crippen LogP contribution in [0, 0.1) is 0 Å². The van der Waals surface area contributed by atoms with E-state index >= 15 is 0 Å². The van der Waals surface area contributed by atoms with E-state index in [1.54, 1.807) is 0 Å². The Labute approximate surface area is 104 Å². The van der Waals surface area contributed by atoms with Gasteiger partial charge in [-0.3, -0.25) is 9.80 Å². The van der Waals surface area contributed by atoms with Crippen LogP contribution in [0.3, 0.4) is 0 Å². The van der Waals surface area contributed by atoms with Crippen LogP contribution in [0.2, 0.25) is 0 Å². The number of nitrogens with zero attached hydrogens (tertiary/aromatic N) is 2. The van der Waals surface area contributed by atoms with Crippen LogP contribution in [0.5, 0.6) is 0 Å². The minimum atomic E-state index is 0.789. The highest BCUT2D eigenvalue weighted by Crippen LogP contribution is 2.27. The van der Waals surface area contributed by atoms with Gasteiger partial charge >= 0.3 is 0 Å².